The summed E-state index contributed by atoms with van der Waals surface area (Å²) >= 11 is 0. The van der Waals surface area contributed by atoms with Gasteiger partial charge in [0, 0.05) is 18.2 Å². The van der Waals surface area contributed by atoms with E-state index in [0.717, 1.165) is 17.0 Å². The Kier molecular flexibility index (Phi) is 4.13. The lowest BCUT2D eigenvalue weighted by Gasteiger charge is -2.01. The highest BCUT2D eigenvalue weighted by molar-refractivity contribution is 5.89. The zero-order valence-electron chi connectivity index (χ0n) is 12.8. The number of amides is 1. The number of aryl methyl sites for hydroxylation is 2. The van der Waals surface area contributed by atoms with Gasteiger partial charge in [-0.3, -0.25) is 20.2 Å². The first-order chi connectivity index (χ1) is 11.1. The van der Waals surface area contributed by atoms with Crippen LogP contribution in [0.5, 0.6) is 0 Å². The molecule has 0 aliphatic rings. The van der Waals surface area contributed by atoms with Crippen LogP contribution in [-0.4, -0.2) is 31.2 Å². The number of anilines is 1. The molecule has 0 saturated heterocycles. The summed E-state index contributed by atoms with van der Waals surface area (Å²) < 4.78 is 5.08. The van der Waals surface area contributed by atoms with Gasteiger partial charge in [0.25, 0.3) is 0 Å². The van der Waals surface area contributed by atoms with Gasteiger partial charge in [-0.1, -0.05) is 11.2 Å². The Hall–Kier alpha value is -3.03. The van der Waals surface area contributed by atoms with Crippen molar-refractivity contribution in [1.29, 1.82) is 0 Å². The molecule has 1 amide bonds. The number of carbonyl (C=O) groups is 1. The molecule has 118 valence electrons. The zero-order chi connectivity index (χ0) is 16.2. The van der Waals surface area contributed by atoms with Crippen LogP contribution in [0.25, 0.3) is 11.5 Å². The average molecular weight is 312 g/mol. The number of H-pyrrole nitrogens is 1. The Bertz CT molecular complexity index is 789. The topological polar surface area (TPSA) is 110 Å². The van der Waals surface area contributed by atoms with Gasteiger partial charge in [-0.25, -0.2) is 0 Å². The van der Waals surface area contributed by atoms with Crippen LogP contribution < -0.4 is 5.32 Å². The molecule has 0 atom stereocenters. The highest BCUT2D eigenvalue weighted by Crippen LogP contribution is 2.15. The molecule has 0 radical (unpaired) electrons. The van der Waals surface area contributed by atoms with Crippen molar-refractivity contribution in [2.24, 2.45) is 0 Å². The van der Waals surface area contributed by atoms with Gasteiger partial charge in [0.1, 0.15) is 11.5 Å². The Morgan fingerprint density at radius 3 is 2.91 bits per heavy atom. The van der Waals surface area contributed by atoms with E-state index in [9.17, 15) is 4.79 Å². The van der Waals surface area contributed by atoms with E-state index in [1.54, 1.807) is 6.20 Å². The standard InChI is InChI=1S/C15H16N6O2/c1-9-11(10(2)23-21-9)6-7-13(22)17-15-18-14(19-20-15)12-5-3-4-8-16-12/h3-5,8H,6-7H2,1-2H3,(H2,17,18,19,20,22). The molecule has 8 heteroatoms. The molecule has 0 saturated carbocycles. The number of rotatable bonds is 5. The van der Waals surface area contributed by atoms with E-state index in [4.69, 9.17) is 4.52 Å². The first kappa shape index (κ1) is 14.9. The molecule has 23 heavy (non-hydrogen) atoms. The maximum absolute atomic E-state index is 12.0. The summed E-state index contributed by atoms with van der Waals surface area (Å²) in [7, 11) is 0. The van der Waals surface area contributed by atoms with Crippen molar-refractivity contribution >= 4 is 11.9 Å². The third-order valence-corrected chi connectivity index (χ3v) is 3.43. The monoisotopic (exact) mass is 312 g/mol. The van der Waals surface area contributed by atoms with Crippen LogP contribution in [0.1, 0.15) is 23.4 Å². The van der Waals surface area contributed by atoms with Crippen molar-refractivity contribution in [1.82, 2.24) is 25.3 Å². The maximum Gasteiger partial charge on any atom is 0.249 e. The van der Waals surface area contributed by atoms with Crippen LogP contribution in [0.4, 0.5) is 5.95 Å². The van der Waals surface area contributed by atoms with Crippen LogP contribution in [0.2, 0.25) is 0 Å². The number of aromatic nitrogens is 5. The van der Waals surface area contributed by atoms with Crippen LogP contribution in [0.15, 0.2) is 28.9 Å². The number of hydrogen-bond acceptors (Lipinski definition) is 6. The van der Waals surface area contributed by atoms with E-state index in [0.29, 0.717) is 24.4 Å². The molecule has 0 bridgehead atoms. The van der Waals surface area contributed by atoms with Gasteiger partial charge in [-0.2, -0.15) is 4.98 Å². The van der Waals surface area contributed by atoms with Gasteiger partial charge in [-0.15, -0.1) is 5.10 Å². The lowest BCUT2D eigenvalue weighted by atomic mass is 10.1. The Labute approximate surface area is 132 Å². The van der Waals surface area contributed by atoms with E-state index >= 15 is 0 Å². The summed E-state index contributed by atoms with van der Waals surface area (Å²) in [5.41, 5.74) is 2.44. The van der Waals surface area contributed by atoms with E-state index in [1.165, 1.54) is 0 Å². The van der Waals surface area contributed by atoms with E-state index < -0.39 is 0 Å². The fourth-order valence-electron chi connectivity index (χ4n) is 2.22. The van der Waals surface area contributed by atoms with Crippen molar-refractivity contribution in [2.75, 3.05) is 5.32 Å². The first-order valence-corrected chi connectivity index (χ1v) is 7.19. The summed E-state index contributed by atoms with van der Waals surface area (Å²) in [6, 6.07) is 5.48. The maximum atomic E-state index is 12.0. The molecule has 0 fully saturated rings. The third-order valence-electron chi connectivity index (χ3n) is 3.43. The van der Waals surface area contributed by atoms with Crippen molar-refractivity contribution in [3.05, 3.63) is 41.4 Å². The van der Waals surface area contributed by atoms with Crippen molar-refractivity contribution in [2.45, 2.75) is 26.7 Å². The number of pyridine rings is 1. The first-order valence-electron chi connectivity index (χ1n) is 7.19. The Morgan fingerprint density at radius 1 is 1.35 bits per heavy atom. The smallest absolute Gasteiger partial charge is 0.249 e. The fourth-order valence-corrected chi connectivity index (χ4v) is 2.22. The largest absolute Gasteiger partial charge is 0.361 e. The minimum Gasteiger partial charge on any atom is -0.361 e. The van der Waals surface area contributed by atoms with E-state index in [1.807, 2.05) is 32.0 Å². The van der Waals surface area contributed by atoms with Gasteiger partial charge in [0.2, 0.25) is 11.9 Å². The van der Waals surface area contributed by atoms with E-state index in [2.05, 4.69) is 30.6 Å². The second kappa shape index (κ2) is 6.39. The molecule has 0 aliphatic carbocycles. The Morgan fingerprint density at radius 2 is 2.22 bits per heavy atom. The van der Waals surface area contributed by atoms with Gasteiger partial charge in [0.15, 0.2) is 5.82 Å². The average Bonchev–Trinajstić information content (AvgIpc) is 3.14. The SMILES string of the molecule is Cc1noc(C)c1CCC(=O)Nc1n[nH]c(-c2ccccn2)n1. The number of nitrogens with one attached hydrogen (secondary N) is 2. The molecule has 3 rings (SSSR count). The summed E-state index contributed by atoms with van der Waals surface area (Å²) in [6.45, 7) is 3.69. The fraction of sp³-hybridized carbons (Fsp3) is 0.267. The third kappa shape index (κ3) is 3.42. The van der Waals surface area contributed by atoms with Crippen LogP contribution in [-0.2, 0) is 11.2 Å². The second-order valence-electron chi connectivity index (χ2n) is 5.07. The molecule has 3 heterocycles. The summed E-state index contributed by atoms with van der Waals surface area (Å²) in [5.74, 6) is 1.31. The minimum atomic E-state index is -0.170. The van der Waals surface area contributed by atoms with Gasteiger partial charge >= 0.3 is 0 Å². The number of nitrogens with zero attached hydrogens (tertiary/aromatic N) is 4. The highest BCUT2D eigenvalue weighted by atomic mass is 16.5. The lowest BCUT2D eigenvalue weighted by molar-refractivity contribution is -0.116. The highest BCUT2D eigenvalue weighted by Gasteiger charge is 2.13. The normalized spacial score (nSPS) is 10.7. The number of aromatic amines is 1. The molecular formula is C15H16N6O2. The Balaban J connectivity index is 1.59. The van der Waals surface area contributed by atoms with Crippen molar-refractivity contribution in [3.8, 4) is 11.5 Å². The van der Waals surface area contributed by atoms with Crippen LogP contribution >= 0.6 is 0 Å². The molecule has 8 nitrogen and oxygen atoms in total. The number of carbonyl (C=O) groups excluding carboxylic acids is 1. The van der Waals surface area contributed by atoms with Gasteiger partial charge in [0.05, 0.1) is 5.69 Å². The molecule has 0 unspecified atom stereocenters. The number of hydrogen-bond donors (Lipinski definition) is 2. The minimum absolute atomic E-state index is 0.170. The van der Waals surface area contributed by atoms with Gasteiger partial charge in [-0.05, 0) is 32.4 Å². The van der Waals surface area contributed by atoms with E-state index in [-0.39, 0.29) is 11.9 Å². The second-order valence-corrected chi connectivity index (χ2v) is 5.07. The molecular weight excluding hydrogens is 296 g/mol. The molecule has 0 spiro atoms. The zero-order valence-corrected chi connectivity index (χ0v) is 12.8. The quantitative estimate of drug-likeness (QED) is 0.746. The molecule has 3 aromatic rings. The molecule has 2 N–H and O–H groups in total. The molecule has 0 aromatic carbocycles. The van der Waals surface area contributed by atoms with Crippen LogP contribution in [0.3, 0.4) is 0 Å². The summed E-state index contributed by atoms with van der Waals surface area (Å²) in [6.07, 6.45) is 2.53. The van der Waals surface area contributed by atoms with Crippen molar-refractivity contribution in [3.63, 3.8) is 0 Å². The molecule has 0 aliphatic heterocycles. The predicted molar refractivity (Wildman–Crippen MR) is 82.5 cm³/mol. The lowest BCUT2D eigenvalue weighted by Crippen LogP contribution is -2.13. The summed E-state index contributed by atoms with van der Waals surface area (Å²) in [5, 5.41) is 13.3. The van der Waals surface area contributed by atoms with Crippen molar-refractivity contribution < 1.29 is 9.32 Å². The molecule has 3 aromatic heterocycles. The predicted octanol–water partition coefficient (Wildman–Crippen LogP) is 2.04. The summed E-state index contributed by atoms with van der Waals surface area (Å²) in [4.78, 5) is 20.4. The van der Waals surface area contributed by atoms with Gasteiger partial charge < -0.3 is 4.52 Å². The van der Waals surface area contributed by atoms with Crippen LogP contribution in [0, 0.1) is 13.8 Å².